The third kappa shape index (κ3) is 3.91. The Kier molecular flexibility index (Phi) is 5.92. The van der Waals surface area contributed by atoms with Gasteiger partial charge in [0.2, 0.25) is 6.29 Å². The predicted octanol–water partition coefficient (Wildman–Crippen LogP) is 2.23. The van der Waals surface area contributed by atoms with Crippen molar-refractivity contribution in [1.82, 2.24) is 0 Å². The molecule has 6 heteroatoms. The quantitative estimate of drug-likeness (QED) is 0.743. The fourth-order valence-electron chi connectivity index (χ4n) is 2.46. The smallest absolute Gasteiger partial charge is 0.305 e. The zero-order valence-electron chi connectivity index (χ0n) is 12.6. The lowest BCUT2D eigenvalue weighted by molar-refractivity contribution is -0.275. The predicted molar refractivity (Wildman–Crippen MR) is 69.5 cm³/mol. The van der Waals surface area contributed by atoms with Gasteiger partial charge in [0.1, 0.15) is 6.17 Å². The Morgan fingerprint density at radius 3 is 2.15 bits per heavy atom. The molecule has 0 bridgehead atoms. The first-order chi connectivity index (χ1) is 9.27. The van der Waals surface area contributed by atoms with Crippen LogP contribution in [-0.2, 0) is 23.8 Å². The zero-order valence-corrected chi connectivity index (χ0v) is 12.6. The van der Waals surface area contributed by atoms with E-state index in [1.54, 1.807) is 6.92 Å². The topological polar surface area (TPSA) is 61.8 Å². The lowest BCUT2D eigenvalue weighted by Crippen LogP contribution is -2.54. The number of halogens is 1. The molecule has 0 saturated carbocycles. The summed E-state index contributed by atoms with van der Waals surface area (Å²) in [6.07, 6.45) is -3.29. The molecule has 6 atom stereocenters. The maximum atomic E-state index is 14.0. The van der Waals surface area contributed by atoms with Gasteiger partial charge in [0.25, 0.3) is 0 Å². The molecule has 3 unspecified atom stereocenters. The third-order valence-electron chi connectivity index (χ3n) is 3.76. The Morgan fingerprint density at radius 2 is 1.70 bits per heavy atom. The van der Waals surface area contributed by atoms with Crippen LogP contribution in [0.2, 0.25) is 0 Å². The highest BCUT2D eigenvalue weighted by Crippen LogP contribution is 2.36. The molecule has 0 aliphatic carbocycles. The van der Waals surface area contributed by atoms with Crippen LogP contribution < -0.4 is 0 Å². The van der Waals surface area contributed by atoms with Crippen LogP contribution >= 0.6 is 0 Å². The van der Waals surface area contributed by atoms with Crippen LogP contribution in [0.5, 0.6) is 0 Å². The van der Waals surface area contributed by atoms with Gasteiger partial charge in [-0.2, -0.15) is 0 Å². The van der Waals surface area contributed by atoms with Crippen LogP contribution in [0.4, 0.5) is 4.39 Å². The van der Waals surface area contributed by atoms with Crippen molar-refractivity contribution in [2.45, 2.75) is 65.7 Å². The maximum absolute atomic E-state index is 14.0. The van der Waals surface area contributed by atoms with E-state index in [0.29, 0.717) is 6.42 Å². The summed E-state index contributed by atoms with van der Waals surface area (Å²) < 4.78 is 29.7. The van der Waals surface area contributed by atoms with Crippen LogP contribution in [-0.4, -0.2) is 36.6 Å². The molecule has 0 aromatic carbocycles. The average molecular weight is 290 g/mol. The highest BCUT2D eigenvalue weighted by molar-refractivity contribution is 5.67. The van der Waals surface area contributed by atoms with Gasteiger partial charge in [0, 0.05) is 19.8 Å². The van der Waals surface area contributed by atoms with Gasteiger partial charge < -0.3 is 14.2 Å². The second-order valence-corrected chi connectivity index (χ2v) is 5.30. The maximum Gasteiger partial charge on any atom is 0.305 e. The molecular formula is C14H23FO5. The summed E-state index contributed by atoms with van der Waals surface area (Å²) in [6.45, 7) is 7.92. The minimum Gasteiger partial charge on any atom is -0.456 e. The molecule has 0 spiro atoms. The van der Waals surface area contributed by atoms with E-state index in [2.05, 4.69) is 0 Å². The summed E-state index contributed by atoms with van der Waals surface area (Å²) in [5.74, 6) is -1.37. The minimum atomic E-state index is -1.15. The van der Waals surface area contributed by atoms with Crippen molar-refractivity contribution >= 4 is 11.9 Å². The first kappa shape index (κ1) is 16.9. The van der Waals surface area contributed by atoms with Gasteiger partial charge in [-0.05, 0) is 12.3 Å². The molecule has 116 valence electrons. The SMILES string of the molecule is CC[C@H](F)C1OC(OC(C)=O)C(OC(C)=O)[C@@H](C)[C@@H]1C. The summed E-state index contributed by atoms with van der Waals surface area (Å²) in [4.78, 5) is 22.3. The van der Waals surface area contributed by atoms with Crippen molar-refractivity contribution < 1.29 is 28.2 Å². The van der Waals surface area contributed by atoms with E-state index in [0.717, 1.165) is 0 Å². The Bertz CT molecular complexity index is 359. The summed E-state index contributed by atoms with van der Waals surface area (Å²) in [6, 6.07) is 0. The number of carbonyl (C=O) groups excluding carboxylic acids is 2. The Balaban J connectivity index is 2.94. The number of alkyl halides is 1. The fraction of sp³-hybridized carbons (Fsp3) is 0.857. The molecule has 1 rings (SSSR count). The Hall–Kier alpha value is -1.17. The van der Waals surface area contributed by atoms with Gasteiger partial charge >= 0.3 is 11.9 Å². The highest BCUT2D eigenvalue weighted by Gasteiger charge is 2.47. The molecule has 1 fully saturated rings. The lowest BCUT2D eigenvalue weighted by Gasteiger charge is -2.44. The van der Waals surface area contributed by atoms with Crippen LogP contribution in [0.15, 0.2) is 0 Å². The lowest BCUT2D eigenvalue weighted by atomic mass is 9.81. The summed E-state index contributed by atoms with van der Waals surface area (Å²) in [5, 5.41) is 0. The molecule has 1 aliphatic rings. The number of ether oxygens (including phenoxy) is 3. The molecule has 0 radical (unpaired) electrons. The monoisotopic (exact) mass is 290 g/mol. The van der Waals surface area contributed by atoms with Gasteiger partial charge in [0.15, 0.2) is 6.10 Å². The largest absolute Gasteiger partial charge is 0.456 e. The van der Waals surface area contributed by atoms with Gasteiger partial charge in [-0.25, -0.2) is 4.39 Å². The van der Waals surface area contributed by atoms with Crippen molar-refractivity contribution in [2.75, 3.05) is 0 Å². The van der Waals surface area contributed by atoms with E-state index in [4.69, 9.17) is 14.2 Å². The fourth-order valence-corrected chi connectivity index (χ4v) is 2.46. The molecule has 1 heterocycles. The number of rotatable bonds is 4. The van der Waals surface area contributed by atoms with Crippen LogP contribution in [0.3, 0.4) is 0 Å². The second-order valence-electron chi connectivity index (χ2n) is 5.30. The summed E-state index contributed by atoms with van der Waals surface area (Å²) >= 11 is 0. The molecule has 0 amide bonds. The van der Waals surface area contributed by atoms with Crippen LogP contribution in [0.25, 0.3) is 0 Å². The molecule has 1 saturated heterocycles. The summed E-state index contributed by atoms with van der Waals surface area (Å²) in [7, 11) is 0. The van der Waals surface area contributed by atoms with Crippen molar-refractivity contribution in [2.24, 2.45) is 11.8 Å². The van der Waals surface area contributed by atoms with E-state index in [1.165, 1.54) is 13.8 Å². The van der Waals surface area contributed by atoms with E-state index >= 15 is 0 Å². The molecule has 1 aliphatic heterocycles. The molecule has 0 N–H and O–H groups in total. The van der Waals surface area contributed by atoms with Gasteiger partial charge in [-0.3, -0.25) is 9.59 Å². The molecule has 20 heavy (non-hydrogen) atoms. The van der Waals surface area contributed by atoms with Crippen molar-refractivity contribution in [3.8, 4) is 0 Å². The van der Waals surface area contributed by atoms with Gasteiger partial charge in [0.05, 0.1) is 6.10 Å². The van der Waals surface area contributed by atoms with Crippen LogP contribution in [0, 0.1) is 11.8 Å². The van der Waals surface area contributed by atoms with Crippen LogP contribution in [0.1, 0.15) is 41.0 Å². The van der Waals surface area contributed by atoms with Crippen molar-refractivity contribution in [3.05, 3.63) is 0 Å². The number of hydrogen-bond acceptors (Lipinski definition) is 5. The standard InChI is InChI=1S/C14H23FO5/c1-6-11(15)12-7(2)8(3)13(18-9(4)16)14(20-12)19-10(5)17/h7-8,11-14H,6H2,1-5H3/t7-,8-,11-,12?,13?,14?/m0/s1. The molecule has 5 nitrogen and oxygen atoms in total. The van der Waals surface area contributed by atoms with Crippen molar-refractivity contribution in [3.63, 3.8) is 0 Å². The second kappa shape index (κ2) is 7.02. The normalized spacial score (nSPS) is 35.2. The number of esters is 2. The molecule has 0 aromatic rings. The van der Waals surface area contributed by atoms with Crippen molar-refractivity contribution in [1.29, 1.82) is 0 Å². The number of hydrogen-bond donors (Lipinski definition) is 0. The number of carbonyl (C=O) groups is 2. The van der Waals surface area contributed by atoms with E-state index in [1.807, 2.05) is 13.8 Å². The van der Waals surface area contributed by atoms with Gasteiger partial charge in [-0.1, -0.05) is 20.8 Å². The highest BCUT2D eigenvalue weighted by atomic mass is 19.1. The van der Waals surface area contributed by atoms with E-state index < -0.39 is 36.6 Å². The molecular weight excluding hydrogens is 267 g/mol. The third-order valence-corrected chi connectivity index (χ3v) is 3.76. The average Bonchev–Trinajstić information content (AvgIpc) is 2.36. The Morgan fingerprint density at radius 1 is 1.15 bits per heavy atom. The van der Waals surface area contributed by atoms with Gasteiger partial charge in [-0.15, -0.1) is 0 Å². The minimum absolute atomic E-state index is 0.152. The zero-order chi connectivity index (χ0) is 15.4. The molecule has 0 aromatic heterocycles. The Labute approximate surface area is 118 Å². The first-order valence-corrected chi connectivity index (χ1v) is 6.91. The summed E-state index contributed by atoms with van der Waals surface area (Å²) in [5.41, 5.74) is 0. The van der Waals surface area contributed by atoms with E-state index in [9.17, 15) is 14.0 Å². The first-order valence-electron chi connectivity index (χ1n) is 6.91. The van der Waals surface area contributed by atoms with E-state index in [-0.39, 0.29) is 11.8 Å².